The molecule has 0 radical (unpaired) electrons. The van der Waals surface area contributed by atoms with Gasteiger partial charge in [0.05, 0.1) is 5.75 Å². The van der Waals surface area contributed by atoms with Crippen LogP contribution in [0, 0.1) is 6.92 Å². The van der Waals surface area contributed by atoms with Crippen molar-refractivity contribution in [1.82, 2.24) is 20.1 Å². The zero-order valence-electron chi connectivity index (χ0n) is 15.9. The van der Waals surface area contributed by atoms with Crippen LogP contribution in [0.5, 0.6) is 0 Å². The molecule has 0 fully saturated rings. The fraction of sp³-hybridized carbons (Fsp3) is 0.200. The predicted octanol–water partition coefficient (Wildman–Crippen LogP) is 3.21. The minimum atomic E-state index is -0.168. The fourth-order valence-corrected chi connectivity index (χ4v) is 3.03. The molecule has 2 amide bonds. The Bertz CT molecular complexity index is 965. The number of hydrogen-bond donors (Lipinski definition) is 2. The molecule has 7 nitrogen and oxygen atoms in total. The van der Waals surface area contributed by atoms with E-state index in [-0.39, 0.29) is 17.6 Å². The normalized spacial score (nSPS) is 10.5. The molecule has 0 atom stereocenters. The maximum Gasteiger partial charge on any atom is 0.253 e. The lowest BCUT2D eigenvalue weighted by molar-refractivity contribution is -0.113. The summed E-state index contributed by atoms with van der Waals surface area (Å²) in [6.45, 7) is 2.03. The Labute approximate surface area is 167 Å². The van der Waals surface area contributed by atoms with Gasteiger partial charge in [-0.05, 0) is 31.2 Å². The van der Waals surface area contributed by atoms with Crippen molar-refractivity contribution in [3.63, 3.8) is 0 Å². The summed E-state index contributed by atoms with van der Waals surface area (Å²) in [6.07, 6.45) is 0. The number of aromatic amines is 1. The molecule has 1 heterocycles. The lowest BCUT2D eigenvalue weighted by Crippen LogP contribution is -2.21. The first-order valence-corrected chi connectivity index (χ1v) is 9.65. The van der Waals surface area contributed by atoms with Gasteiger partial charge in [-0.25, -0.2) is 4.98 Å². The number of H-pyrrole nitrogens is 1. The second-order valence-electron chi connectivity index (χ2n) is 6.45. The van der Waals surface area contributed by atoms with Gasteiger partial charge in [0.1, 0.15) is 0 Å². The summed E-state index contributed by atoms with van der Waals surface area (Å²) in [5.74, 6) is 0.605. The summed E-state index contributed by atoms with van der Waals surface area (Å²) in [5.41, 5.74) is 3.33. The topological polar surface area (TPSA) is 91.0 Å². The van der Waals surface area contributed by atoms with E-state index in [0.29, 0.717) is 22.2 Å². The Balaban J connectivity index is 1.53. The highest BCUT2D eigenvalue weighted by atomic mass is 32.2. The molecule has 0 aliphatic rings. The van der Waals surface area contributed by atoms with E-state index in [9.17, 15) is 9.59 Å². The zero-order valence-corrected chi connectivity index (χ0v) is 16.7. The van der Waals surface area contributed by atoms with E-state index in [4.69, 9.17) is 0 Å². The average molecular weight is 395 g/mol. The van der Waals surface area contributed by atoms with Crippen LogP contribution in [0.1, 0.15) is 15.9 Å². The van der Waals surface area contributed by atoms with Gasteiger partial charge in [-0.1, -0.05) is 41.6 Å². The van der Waals surface area contributed by atoms with Gasteiger partial charge in [0.15, 0.2) is 5.82 Å². The quantitative estimate of drug-likeness (QED) is 0.626. The number of amides is 2. The van der Waals surface area contributed by atoms with Gasteiger partial charge >= 0.3 is 0 Å². The molecule has 3 aromatic rings. The van der Waals surface area contributed by atoms with Gasteiger partial charge in [-0.2, -0.15) is 0 Å². The van der Waals surface area contributed by atoms with Crippen molar-refractivity contribution in [2.45, 2.75) is 12.1 Å². The van der Waals surface area contributed by atoms with Crippen LogP contribution in [0.2, 0.25) is 0 Å². The van der Waals surface area contributed by atoms with Crippen molar-refractivity contribution >= 4 is 29.3 Å². The Morgan fingerprint density at radius 1 is 1.07 bits per heavy atom. The number of carbonyl (C=O) groups is 2. The lowest BCUT2D eigenvalue weighted by atomic mass is 10.1. The maximum atomic E-state index is 12.2. The summed E-state index contributed by atoms with van der Waals surface area (Å²) in [6, 6.07) is 14.8. The molecular formula is C20H21N5O2S. The van der Waals surface area contributed by atoms with E-state index in [0.717, 1.165) is 5.56 Å². The lowest BCUT2D eigenvalue weighted by Gasteiger charge is -2.10. The van der Waals surface area contributed by atoms with Crippen LogP contribution in [0.25, 0.3) is 11.4 Å². The number of thioether (sulfide) groups is 1. The van der Waals surface area contributed by atoms with Gasteiger partial charge in [0.25, 0.3) is 5.91 Å². The molecule has 0 saturated carbocycles. The van der Waals surface area contributed by atoms with Gasteiger partial charge in [0.2, 0.25) is 11.1 Å². The molecular weight excluding hydrogens is 374 g/mol. The maximum absolute atomic E-state index is 12.2. The predicted molar refractivity (Wildman–Crippen MR) is 110 cm³/mol. The van der Waals surface area contributed by atoms with Crippen molar-refractivity contribution in [3.8, 4) is 11.4 Å². The molecule has 8 heteroatoms. The van der Waals surface area contributed by atoms with Gasteiger partial charge in [0, 0.05) is 30.9 Å². The second kappa shape index (κ2) is 8.71. The van der Waals surface area contributed by atoms with Crippen LogP contribution in [-0.4, -0.2) is 51.7 Å². The van der Waals surface area contributed by atoms with Crippen LogP contribution < -0.4 is 5.32 Å². The van der Waals surface area contributed by atoms with Crippen LogP contribution in [0.4, 0.5) is 5.69 Å². The summed E-state index contributed by atoms with van der Waals surface area (Å²) in [5, 5.41) is 10.4. The van der Waals surface area contributed by atoms with Gasteiger partial charge in [-0.15, -0.1) is 5.10 Å². The van der Waals surface area contributed by atoms with E-state index in [1.54, 1.807) is 38.4 Å². The number of rotatable bonds is 6. The molecule has 0 aliphatic heterocycles. The van der Waals surface area contributed by atoms with Crippen LogP contribution in [-0.2, 0) is 4.79 Å². The molecule has 2 aromatic carbocycles. The number of anilines is 1. The fourth-order valence-electron chi connectivity index (χ4n) is 2.43. The third kappa shape index (κ3) is 4.98. The van der Waals surface area contributed by atoms with Crippen LogP contribution >= 0.6 is 11.8 Å². The summed E-state index contributed by atoms with van der Waals surface area (Å²) in [7, 11) is 3.39. The summed E-state index contributed by atoms with van der Waals surface area (Å²) in [4.78, 5) is 29.9. The number of aryl methyl sites for hydroxylation is 1. The third-order valence-electron chi connectivity index (χ3n) is 3.94. The van der Waals surface area contributed by atoms with E-state index >= 15 is 0 Å². The number of benzene rings is 2. The molecule has 28 heavy (non-hydrogen) atoms. The van der Waals surface area contributed by atoms with E-state index < -0.39 is 0 Å². The van der Waals surface area contributed by atoms with Crippen LogP contribution in [0.3, 0.4) is 0 Å². The standard InChI is InChI=1S/C20H21N5O2S/c1-13-4-6-14(7-5-13)18-22-20(24-23-18)28-12-17(26)21-16-10-8-15(9-11-16)19(27)25(2)3/h4-11H,12H2,1-3H3,(H,21,26)(H,22,23,24). The third-order valence-corrected chi connectivity index (χ3v) is 4.79. The highest BCUT2D eigenvalue weighted by Crippen LogP contribution is 2.20. The zero-order chi connectivity index (χ0) is 20.1. The van der Waals surface area contributed by atoms with E-state index in [2.05, 4.69) is 20.5 Å². The van der Waals surface area contributed by atoms with Crippen molar-refractivity contribution in [2.75, 3.05) is 25.2 Å². The minimum Gasteiger partial charge on any atom is -0.345 e. The van der Waals surface area contributed by atoms with E-state index in [1.807, 2.05) is 31.2 Å². The van der Waals surface area contributed by atoms with Gasteiger partial charge in [-0.3, -0.25) is 14.7 Å². The van der Waals surface area contributed by atoms with E-state index in [1.165, 1.54) is 22.2 Å². The highest BCUT2D eigenvalue weighted by Gasteiger charge is 2.11. The molecule has 0 bridgehead atoms. The average Bonchev–Trinajstić information content (AvgIpc) is 3.16. The highest BCUT2D eigenvalue weighted by molar-refractivity contribution is 7.99. The van der Waals surface area contributed by atoms with Crippen LogP contribution in [0.15, 0.2) is 53.7 Å². The molecule has 144 valence electrons. The first kappa shape index (κ1) is 19.6. The first-order chi connectivity index (χ1) is 13.4. The first-order valence-electron chi connectivity index (χ1n) is 8.66. The molecule has 0 unspecified atom stereocenters. The second-order valence-corrected chi connectivity index (χ2v) is 7.39. The van der Waals surface area contributed by atoms with Crippen molar-refractivity contribution in [1.29, 1.82) is 0 Å². The number of carbonyl (C=O) groups excluding carboxylic acids is 2. The van der Waals surface area contributed by atoms with Crippen molar-refractivity contribution in [3.05, 3.63) is 59.7 Å². The smallest absolute Gasteiger partial charge is 0.253 e. The number of nitrogens with zero attached hydrogens (tertiary/aromatic N) is 3. The molecule has 0 spiro atoms. The van der Waals surface area contributed by atoms with Gasteiger partial charge < -0.3 is 10.2 Å². The number of hydrogen-bond acceptors (Lipinski definition) is 5. The summed E-state index contributed by atoms with van der Waals surface area (Å²) >= 11 is 1.25. The Kier molecular flexibility index (Phi) is 6.10. The van der Waals surface area contributed by atoms with Crippen molar-refractivity contribution < 1.29 is 9.59 Å². The Morgan fingerprint density at radius 2 is 1.75 bits per heavy atom. The molecule has 3 rings (SSSR count). The number of aromatic nitrogens is 3. The molecule has 1 aromatic heterocycles. The summed E-state index contributed by atoms with van der Waals surface area (Å²) < 4.78 is 0. The monoisotopic (exact) mass is 395 g/mol. The SMILES string of the molecule is Cc1ccc(-c2nc(SCC(=O)Nc3ccc(C(=O)N(C)C)cc3)n[nH]2)cc1. The van der Waals surface area contributed by atoms with Crippen molar-refractivity contribution in [2.24, 2.45) is 0 Å². The largest absolute Gasteiger partial charge is 0.345 e. The minimum absolute atomic E-state index is 0.0811. The molecule has 0 aliphatic carbocycles. The number of nitrogens with one attached hydrogen (secondary N) is 2. The Morgan fingerprint density at radius 3 is 2.39 bits per heavy atom. The molecule has 2 N–H and O–H groups in total. The Hall–Kier alpha value is -3.13. The molecule has 0 saturated heterocycles.